The molecule has 2 atom stereocenters. The van der Waals surface area contributed by atoms with Crippen LogP contribution < -0.4 is 0 Å². The normalized spacial score (nSPS) is 25.7. The Morgan fingerprint density at radius 1 is 1.17 bits per heavy atom. The van der Waals surface area contributed by atoms with Gasteiger partial charge < -0.3 is 9.80 Å². The number of benzene rings is 1. The number of amides is 1. The molecule has 0 spiro atoms. The fourth-order valence-electron chi connectivity index (χ4n) is 4.15. The standard InChI is InChI=1S/C19H27ClN2O/c1-21-12-4-2-3-8-18-17(21)11-13-22(18)19(23)10-9-15-6-5-7-16(20)14-15/h5-7,14,17-18H,2-4,8-13H2,1H3/t17-,18+/m0/s1. The van der Waals surface area contributed by atoms with Gasteiger partial charge in [-0.2, -0.15) is 0 Å². The van der Waals surface area contributed by atoms with E-state index in [0.717, 1.165) is 36.4 Å². The Morgan fingerprint density at radius 2 is 2.04 bits per heavy atom. The number of halogens is 1. The smallest absolute Gasteiger partial charge is 0.223 e. The minimum absolute atomic E-state index is 0.312. The van der Waals surface area contributed by atoms with Gasteiger partial charge in [0.1, 0.15) is 0 Å². The van der Waals surface area contributed by atoms with Gasteiger partial charge in [-0.05, 0) is 57.0 Å². The van der Waals surface area contributed by atoms with Crippen LogP contribution in [0.1, 0.15) is 44.1 Å². The van der Waals surface area contributed by atoms with E-state index in [2.05, 4.69) is 22.9 Å². The zero-order valence-corrected chi connectivity index (χ0v) is 14.8. The van der Waals surface area contributed by atoms with Gasteiger partial charge in [0.15, 0.2) is 0 Å². The summed E-state index contributed by atoms with van der Waals surface area (Å²) in [6.45, 7) is 2.10. The molecule has 1 aromatic rings. The predicted molar refractivity (Wildman–Crippen MR) is 94.8 cm³/mol. The van der Waals surface area contributed by atoms with Crippen LogP contribution >= 0.6 is 11.6 Å². The van der Waals surface area contributed by atoms with Crippen molar-refractivity contribution >= 4 is 17.5 Å². The van der Waals surface area contributed by atoms with Crippen LogP contribution in [-0.4, -0.2) is 47.9 Å². The Bertz CT molecular complexity index is 548. The number of carbonyl (C=O) groups excluding carboxylic acids is 1. The van der Waals surface area contributed by atoms with Crippen molar-refractivity contribution in [1.82, 2.24) is 9.80 Å². The predicted octanol–water partition coefficient (Wildman–Crippen LogP) is 3.75. The number of rotatable bonds is 3. The van der Waals surface area contributed by atoms with Crippen molar-refractivity contribution in [1.29, 1.82) is 0 Å². The van der Waals surface area contributed by atoms with Crippen LogP contribution in [0.4, 0.5) is 0 Å². The maximum Gasteiger partial charge on any atom is 0.223 e. The fourth-order valence-corrected chi connectivity index (χ4v) is 4.37. The Kier molecular flexibility index (Phi) is 5.60. The lowest BCUT2D eigenvalue weighted by atomic mass is 9.97. The third-order valence-corrected chi connectivity index (χ3v) is 5.66. The summed E-state index contributed by atoms with van der Waals surface area (Å²) >= 11 is 6.03. The van der Waals surface area contributed by atoms with Gasteiger partial charge in [0.25, 0.3) is 0 Å². The van der Waals surface area contributed by atoms with E-state index >= 15 is 0 Å². The molecule has 0 N–H and O–H groups in total. The summed E-state index contributed by atoms with van der Waals surface area (Å²) in [6.07, 6.45) is 7.51. The number of likely N-dealkylation sites (tertiary alicyclic amines) is 2. The van der Waals surface area contributed by atoms with Gasteiger partial charge in [0, 0.05) is 30.1 Å². The van der Waals surface area contributed by atoms with Crippen LogP contribution in [0.25, 0.3) is 0 Å². The number of fused-ring (bicyclic) bond motifs is 1. The van der Waals surface area contributed by atoms with Gasteiger partial charge >= 0.3 is 0 Å². The highest BCUT2D eigenvalue weighted by Crippen LogP contribution is 2.29. The second-order valence-electron chi connectivity index (χ2n) is 6.97. The molecule has 2 aliphatic rings. The summed E-state index contributed by atoms with van der Waals surface area (Å²) in [4.78, 5) is 17.4. The van der Waals surface area contributed by atoms with Gasteiger partial charge in [-0.1, -0.05) is 36.6 Å². The van der Waals surface area contributed by atoms with E-state index in [1.807, 2.05) is 18.2 Å². The molecule has 2 fully saturated rings. The first-order chi connectivity index (χ1) is 11.1. The highest BCUT2D eigenvalue weighted by atomic mass is 35.5. The molecule has 0 bridgehead atoms. The maximum atomic E-state index is 12.7. The number of nitrogens with zero attached hydrogens (tertiary/aromatic N) is 2. The van der Waals surface area contributed by atoms with Crippen LogP contribution in [0.3, 0.4) is 0 Å². The summed E-state index contributed by atoms with van der Waals surface area (Å²) in [6, 6.07) is 8.83. The molecule has 2 aliphatic heterocycles. The third-order valence-electron chi connectivity index (χ3n) is 5.42. The second kappa shape index (κ2) is 7.67. The third kappa shape index (κ3) is 4.07. The van der Waals surface area contributed by atoms with E-state index in [0.29, 0.717) is 24.4 Å². The molecule has 3 rings (SSSR count). The molecule has 2 heterocycles. The lowest BCUT2D eigenvalue weighted by Gasteiger charge is -2.35. The zero-order chi connectivity index (χ0) is 16.2. The van der Waals surface area contributed by atoms with Crippen molar-refractivity contribution in [3.05, 3.63) is 34.9 Å². The molecule has 0 aliphatic carbocycles. The molecule has 1 aromatic carbocycles. The first-order valence-electron chi connectivity index (χ1n) is 8.89. The molecule has 126 valence electrons. The van der Waals surface area contributed by atoms with Crippen molar-refractivity contribution in [2.45, 2.75) is 57.0 Å². The Balaban J connectivity index is 1.60. The number of hydrogen-bond donors (Lipinski definition) is 0. The average molecular weight is 335 g/mol. The quantitative estimate of drug-likeness (QED) is 0.840. The largest absolute Gasteiger partial charge is 0.338 e. The monoisotopic (exact) mass is 334 g/mol. The van der Waals surface area contributed by atoms with E-state index in [9.17, 15) is 4.79 Å². The highest BCUT2D eigenvalue weighted by Gasteiger charge is 2.38. The lowest BCUT2D eigenvalue weighted by Crippen LogP contribution is -2.46. The van der Waals surface area contributed by atoms with Crippen molar-refractivity contribution < 1.29 is 4.79 Å². The molecule has 0 radical (unpaired) electrons. The van der Waals surface area contributed by atoms with Crippen LogP contribution in [0.5, 0.6) is 0 Å². The highest BCUT2D eigenvalue weighted by molar-refractivity contribution is 6.30. The fraction of sp³-hybridized carbons (Fsp3) is 0.632. The van der Waals surface area contributed by atoms with Crippen LogP contribution in [-0.2, 0) is 11.2 Å². The SMILES string of the molecule is CN1CCCCC[C@@H]2[C@@H]1CCN2C(=O)CCc1cccc(Cl)c1. The summed E-state index contributed by atoms with van der Waals surface area (Å²) in [5.41, 5.74) is 1.15. The number of carbonyl (C=O) groups is 1. The van der Waals surface area contributed by atoms with Crippen LogP contribution in [0.15, 0.2) is 24.3 Å². The number of aryl methyl sites for hydroxylation is 1. The molecule has 1 amide bonds. The zero-order valence-electron chi connectivity index (χ0n) is 14.0. The number of likely N-dealkylation sites (N-methyl/N-ethyl adjacent to an activating group) is 1. The Labute approximate surface area is 144 Å². The molecular formula is C19H27ClN2O. The summed E-state index contributed by atoms with van der Waals surface area (Å²) in [5, 5.41) is 0.748. The molecule has 4 heteroatoms. The number of hydrogen-bond acceptors (Lipinski definition) is 2. The maximum absolute atomic E-state index is 12.7. The van der Waals surface area contributed by atoms with E-state index in [4.69, 9.17) is 11.6 Å². The van der Waals surface area contributed by atoms with Gasteiger partial charge in [0.2, 0.25) is 5.91 Å². The first-order valence-corrected chi connectivity index (χ1v) is 9.27. The molecule has 0 saturated carbocycles. The van der Waals surface area contributed by atoms with Gasteiger partial charge in [-0.25, -0.2) is 0 Å². The van der Waals surface area contributed by atoms with Crippen LogP contribution in [0.2, 0.25) is 5.02 Å². The summed E-state index contributed by atoms with van der Waals surface area (Å²) < 4.78 is 0. The van der Waals surface area contributed by atoms with Gasteiger partial charge in [0.05, 0.1) is 0 Å². The molecule has 0 unspecified atom stereocenters. The van der Waals surface area contributed by atoms with Crippen molar-refractivity contribution in [3.8, 4) is 0 Å². The molecule has 3 nitrogen and oxygen atoms in total. The van der Waals surface area contributed by atoms with Gasteiger partial charge in [-0.15, -0.1) is 0 Å². The van der Waals surface area contributed by atoms with Crippen molar-refractivity contribution in [3.63, 3.8) is 0 Å². The van der Waals surface area contributed by atoms with E-state index in [1.54, 1.807) is 0 Å². The van der Waals surface area contributed by atoms with Crippen LogP contribution in [0, 0.1) is 0 Å². The second-order valence-corrected chi connectivity index (χ2v) is 7.41. The van der Waals surface area contributed by atoms with Gasteiger partial charge in [-0.3, -0.25) is 4.79 Å². The topological polar surface area (TPSA) is 23.6 Å². The Morgan fingerprint density at radius 3 is 2.87 bits per heavy atom. The summed E-state index contributed by atoms with van der Waals surface area (Å²) in [5.74, 6) is 0.312. The van der Waals surface area contributed by atoms with Crippen molar-refractivity contribution in [2.75, 3.05) is 20.1 Å². The molecule has 0 aromatic heterocycles. The minimum atomic E-state index is 0.312. The lowest BCUT2D eigenvalue weighted by molar-refractivity contribution is -0.132. The summed E-state index contributed by atoms with van der Waals surface area (Å²) in [7, 11) is 2.23. The van der Waals surface area contributed by atoms with E-state index in [-0.39, 0.29) is 0 Å². The molecule has 2 saturated heterocycles. The Hall–Kier alpha value is -1.06. The first kappa shape index (κ1) is 16.8. The average Bonchev–Trinajstić information content (AvgIpc) is 2.93. The van der Waals surface area contributed by atoms with E-state index in [1.165, 1.54) is 25.8 Å². The van der Waals surface area contributed by atoms with Crippen molar-refractivity contribution in [2.24, 2.45) is 0 Å². The minimum Gasteiger partial charge on any atom is -0.338 e. The molecule has 23 heavy (non-hydrogen) atoms. The van der Waals surface area contributed by atoms with E-state index < -0.39 is 0 Å². The molecular weight excluding hydrogens is 308 g/mol.